The number of carbonyl (C=O) groups is 2. The summed E-state index contributed by atoms with van der Waals surface area (Å²) in [5.74, 6) is 0.844. The maximum atomic E-state index is 13.0. The summed E-state index contributed by atoms with van der Waals surface area (Å²) < 4.78 is 10.3. The lowest BCUT2D eigenvalue weighted by Gasteiger charge is -2.42. The second kappa shape index (κ2) is 8.61. The third-order valence-corrected chi connectivity index (χ3v) is 5.29. The Morgan fingerprint density at radius 3 is 2.59 bits per heavy atom. The fraction of sp³-hybridized carbons (Fsp3) is 0.600. The van der Waals surface area contributed by atoms with Gasteiger partial charge in [-0.15, -0.1) is 0 Å². The summed E-state index contributed by atoms with van der Waals surface area (Å²) in [6, 6.07) is 7.89. The quantitative estimate of drug-likeness (QED) is 0.724. The molecule has 1 heterocycles. The van der Waals surface area contributed by atoms with Gasteiger partial charge >= 0.3 is 0 Å². The highest BCUT2D eigenvalue weighted by Crippen LogP contribution is 2.31. The van der Waals surface area contributed by atoms with Crippen molar-refractivity contribution in [1.29, 1.82) is 0 Å². The predicted octanol–water partition coefficient (Wildman–Crippen LogP) is 1.78. The summed E-state index contributed by atoms with van der Waals surface area (Å²) >= 11 is 0. The third kappa shape index (κ3) is 4.91. The van der Waals surface area contributed by atoms with Gasteiger partial charge in [-0.05, 0) is 37.8 Å². The highest BCUT2D eigenvalue weighted by atomic mass is 16.5. The number of carbonyl (C=O) groups excluding carboxylic acids is 2. The molecule has 7 nitrogen and oxygen atoms in total. The molecule has 1 saturated heterocycles. The van der Waals surface area contributed by atoms with E-state index in [1.54, 1.807) is 14.2 Å². The normalized spacial score (nSPS) is 18.7. The van der Waals surface area contributed by atoms with Crippen LogP contribution >= 0.6 is 0 Å². The maximum Gasteiger partial charge on any atom is 0.246 e. The fourth-order valence-electron chi connectivity index (χ4n) is 3.42. The lowest BCUT2D eigenvalue weighted by molar-refractivity contribution is -0.136. The molecule has 2 aliphatic rings. The van der Waals surface area contributed by atoms with Gasteiger partial charge in [-0.2, -0.15) is 0 Å². The number of anilines is 1. The van der Waals surface area contributed by atoms with Gasteiger partial charge in [-0.25, -0.2) is 0 Å². The average Bonchev–Trinajstić information content (AvgIpc) is 3.50. The van der Waals surface area contributed by atoms with Crippen LogP contribution in [0.3, 0.4) is 0 Å². The van der Waals surface area contributed by atoms with Gasteiger partial charge in [0.2, 0.25) is 11.8 Å². The minimum absolute atomic E-state index is 0.0248. The Bertz CT molecular complexity index is 667. The molecule has 0 radical (unpaired) electrons. The van der Waals surface area contributed by atoms with Crippen molar-refractivity contribution < 1.29 is 19.1 Å². The van der Waals surface area contributed by atoms with E-state index in [1.165, 1.54) is 0 Å². The Labute approximate surface area is 160 Å². The Kier molecular flexibility index (Phi) is 6.21. The second-order valence-electron chi connectivity index (χ2n) is 7.31. The standard InChI is InChI=1S/C20H29N3O4/c1-26-13-8-18(24)23-11-9-20(10-12-23,19(25)21-15-6-7-15)22-16-4-3-5-17(14-16)27-2/h3-5,14-15,22H,6-13H2,1-2H3,(H,21,25). The molecule has 148 valence electrons. The van der Waals surface area contributed by atoms with Crippen LogP contribution in [0.15, 0.2) is 24.3 Å². The molecule has 0 bridgehead atoms. The highest BCUT2D eigenvalue weighted by molar-refractivity contribution is 5.90. The van der Waals surface area contributed by atoms with Crippen molar-refractivity contribution in [3.63, 3.8) is 0 Å². The summed E-state index contributed by atoms with van der Waals surface area (Å²) in [6.45, 7) is 1.53. The summed E-state index contributed by atoms with van der Waals surface area (Å²) in [7, 11) is 3.22. The number of likely N-dealkylation sites (tertiary alicyclic amines) is 1. The minimum Gasteiger partial charge on any atom is -0.497 e. The van der Waals surface area contributed by atoms with Crippen LogP contribution in [0.4, 0.5) is 5.69 Å². The molecule has 0 aromatic heterocycles. The Balaban J connectivity index is 1.71. The van der Waals surface area contributed by atoms with Crippen LogP contribution in [0.2, 0.25) is 0 Å². The number of methoxy groups -OCH3 is 2. The molecule has 1 aliphatic heterocycles. The lowest BCUT2D eigenvalue weighted by atomic mass is 9.85. The number of hydrogen-bond acceptors (Lipinski definition) is 5. The number of amides is 2. The summed E-state index contributed by atoms with van der Waals surface area (Å²) in [4.78, 5) is 27.2. The number of benzene rings is 1. The van der Waals surface area contributed by atoms with Crippen LogP contribution in [0, 0.1) is 0 Å². The molecule has 2 amide bonds. The fourth-order valence-corrected chi connectivity index (χ4v) is 3.42. The van der Waals surface area contributed by atoms with E-state index in [0.29, 0.717) is 45.0 Å². The highest BCUT2D eigenvalue weighted by Gasteiger charge is 2.43. The topological polar surface area (TPSA) is 79.9 Å². The van der Waals surface area contributed by atoms with Crippen molar-refractivity contribution in [3.8, 4) is 5.75 Å². The largest absolute Gasteiger partial charge is 0.497 e. The van der Waals surface area contributed by atoms with Crippen LogP contribution in [0.25, 0.3) is 0 Å². The van der Waals surface area contributed by atoms with Crippen molar-refractivity contribution in [2.45, 2.75) is 43.7 Å². The number of hydrogen-bond donors (Lipinski definition) is 2. The van der Waals surface area contributed by atoms with Gasteiger partial charge in [0.1, 0.15) is 11.3 Å². The predicted molar refractivity (Wildman–Crippen MR) is 103 cm³/mol. The zero-order valence-electron chi connectivity index (χ0n) is 16.1. The number of rotatable bonds is 8. The molecular formula is C20H29N3O4. The Morgan fingerprint density at radius 1 is 1.22 bits per heavy atom. The third-order valence-electron chi connectivity index (χ3n) is 5.29. The van der Waals surface area contributed by atoms with E-state index in [4.69, 9.17) is 9.47 Å². The number of piperidine rings is 1. The van der Waals surface area contributed by atoms with E-state index in [0.717, 1.165) is 24.3 Å². The van der Waals surface area contributed by atoms with E-state index in [9.17, 15) is 9.59 Å². The van der Waals surface area contributed by atoms with Gasteiger partial charge in [-0.3, -0.25) is 9.59 Å². The van der Waals surface area contributed by atoms with Crippen LogP contribution in [-0.4, -0.2) is 62.2 Å². The van der Waals surface area contributed by atoms with Gasteiger partial charge < -0.3 is 25.0 Å². The molecule has 0 spiro atoms. The van der Waals surface area contributed by atoms with E-state index in [2.05, 4.69) is 10.6 Å². The molecule has 2 N–H and O–H groups in total. The first-order valence-electron chi connectivity index (χ1n) is 9.56. The van der Waals surface area contributed by atoms with Gasteiger partial charge in [-0.1, -0.05) is 6.07 Å². The van der Waals surface area contributed by atoms with Crippen LogP contribution < -0.4 is 15.4 Å². The Morgan fingerprint density at radius 2 is 1.96 bits per heavy atom. The molecule has 7 heteroatoms. The molecule has 1 aliphatic carbocycles. The molecular weight excluding hydrogens is 346 g/mol. The minimum atomic E-state index is -0.715. The molecule has 0 unspecified atom stereocenters. The zero-order chi connectivity index (χ0) is 19.3. The molecule has 1 aromatic rings. The first-order valence-corrected chi connectivity index (χ1v) is 9.56. The summed E-state index contributed by atoms with van der Waals surface area (Å²) in [5, 5.41) is 6.59. The van der Waals surface area contributed by atoms with Crippen LogP contribution in [0.5, 0.6) is 5.75 Å². The van der Waals surface area contributed by atoms with Crippen molar-refractivity contribution in [1.82, 2.24) is 10.2 Å². The number of ether oxygens (including phenoxy) is 2. The summed E-state index contributed by atoms with van der Waals surface area (Å²) in [6.07, 6.45) is 3.61. The molecule has 27 heavy (non-hydrogen) atoms. The molecule has 1 aromatic carbocycles. The molecule has 1 saturated carbocycles. The first kappa shape index (κ1) is 19.5. The zero-order valence-corrected chi connectivity index (χ0v) is 16.1. The van der Waals surface area contributed by atoms with Crippen molar-refractivity contribution in [2.24, 2.45) is 0 Å². The molecule has 0 atom stereocenters. The summed E-state index contributed by atoms with van der Waals surface area (Å²) in [5.41, 5.74) is 0.131. The van der Waals surface area contributed by atoms with Crippen molar-refractivity contribution in [3.05, 3.63) is 24.3 Å². The van der Waals surface area contributed by atoms with Gasteiger partial charge in [0, 0.05) is 38.0 Å². The van der Waals surface area contributed by atoms with Crippen LogP contribution in [0.1, 0.15) is 32.1 Å². The van der Waals surface area contributed by atoms with E-state index < -0.39 is 5.54 Å². The van der Waals surface area contributed by atoms with Gasteiger partial charge in [0.15, 0.2) is 0 Å². The average molecular weight is 375 g/mol. The van der Waals surface area contributed by atoms with Gasteiger partial charge in [0.05, 0.1) is 20.1 Å². The first-order chi connectivity index (χ1) is 13.1. The van der Waals surface area contributed by atoms with E-state index in [-0.39, 0.29) is 11.8 Å². The van der Waals surface area contributed by atoms with Crippen molar-refractivity contribution >= 4 is 17.5 Å². The monoisotopic (exact) mass is 375 g/mol. The SMILES string of the molecule is COCCC(=O)N1CCC(Nc2cccc(OC)c2)(C(=O)NC2CC2)CC1. The lowest BCUT2D eigenvalue weighted by Crippen LogP contribution is -2.59. The van der Waals surface area contributed by atoms with Gasteiger partial charge in [0.25, 0.3) is 0 Å². The number of nitrogens with zero attached hydrogens (tertiary/aromatic N) is 1. The molecule has 3 rings (SSSR count). The number of nitrogens with one attached hydrogen (secondary N) is 2. The van der Waals surface area contributed by atoms with E-state index >= 15 is 0 Å². The molecule has 2 fully saturated rings. The van der Waals surface area contributed by atoms with Crippen molar-refractivity contribution in [2.75, 3.05) is 39.2 Å². The van der Waals surface area contributed by atoms with Crippen LogP contribution in [-0.2, 0) is 14.3 Å². The maximum absolute atomic E-state index is 13.0. The smallest absolute Gasteiger partial charge is 0.246 e. The Hall–Kier alpha value is -2.28. The second-order valence-corrected chi connectivity index (χ2v) is 7.31. The van der Waals surface area contributed by atoms with E-state index in [1.807, 2.05) is 29.2 Å².